The molecule has 2 aliphatic carbocycles. The van der Waals surface area contributed by atoms with E-state index in [2.05, 4.69) is 15.3 Å². The maximum absolute atomic E-state index is 13.0. The molecular weight excluding hydrogens is 442 g/mol. The molecule has 2 aromatic heterocycles. The normalized spacial score (nSPS) is 23.6. The van der Waals surface area contributed by atoms with Gasteiger partial charge >= 0.3 is 0 Å². The van der Waals surface area contributed by atoms with Crippen molar-refractivity contribution in [3.63, 3.8) is 0 Å². The number of aryl methyl sites for hydroxylation is 1. The number of rotatable bonds is 6. The van der Waals surface area contributed by atoms with Crippen molar-refractivity contribution in [3.05, 3.63) is 45.5 Å². The van der Waals surface area contributed by atoms with Crippen molar-refractivity contribution in [3.8, 4) is 0 Å². The minimum absolute atomic E-state index is 0.0377. The van der Waals surface area contributed by atoms with Gasteiger partial charge in [-0.1, -0.05) is 12.5 Å². The van der Waals surface area contributed by atoms with Crippen LogP contribution < -0.4 is 5.32 Å². The van der Waals surface area contributed by atoms with Gasteiger partial charge in [0.25, 0.3) is 5.91 Å². The first-order valence-corrected chi connectivity index (χ1v) is 13.9. The van der Waals surface area contributed by atoms with Gasteiger partial charge in [-0.25, -0.2) is 4.98 Å². The van der Waals surface area contributed by atoms with E-state index in [4.69, 9.17) is 4.98 Å². The number of nitrogens with one attached hydrogen (secondary N) is 1. The largest absolute Gasteiger partial charge is 0.349 e. The van der Waals surface area contributed by atoms with Crippen LogP contribution >= 0.6 is 11.3 Å². The van der Waals surface area contributed by atoms with Gasteiger partial charge in [0.1, 0.15) is 0 Å². The summed E-state index contributed by atoms with van der Waals surface area (Å²) in [4.78, 5) is 22.2. The summed E-state index contributed by atoms with van der Waals surface area (Å²) in [6.07, 6.45) is 13.1. The highest BCUT2D eigenvalue weighted by Crippen LogP contribution is 2.40. The summed E-state index contributed by atoms with van der Waals surface area (Å²) in [6.45, 7) is 3.41. The summed E-state index contributed by atoms with van der Waals surface area (Å²) >= 11 is 2.00. The summed E-state index contributed by atoms with van der Waals surface area (Å²) in [5, 5.41) is 10.1. The minimum Gasteiger partial charge on any atom is -0.349 e. The number of amides is 1. The topological polar surface area (TPSA) is 63.1 Å². The zero-order valence-electron chi connectivity index (χ0n) is 20.1. The Bertz CT molecular complexity index is 1170. The van der Waals surface area contributed by atoms with E-state index in [0.29, 0.717) is 0 Å². The molecule has 0 saturated heterocycles. The van der Waals surface area contributed by atoms with Crippen molar-refractivity contribution in [2.45, 2.75) is 76.3 Å². The lowest BCUT2D eigenvalue weighted by atomic mass is 9.84. The van der Waals surface area contributed by atoms with Crippen molar-refractivity contribution < 1.29 is 4.79 Å². The van der Waals surface area contributed by atoms with Gasteiger partial charge in [0.2, 0.25) is 0 Å². The van der Waals surface area contributed by atoms with Crippen LogP contribution in [0.5, 0.6) is 0 Å². The van der Waals surface area contributed by atoms with Gasteiger partial charge in [-0.15, -0.1) is 11.3 Å². The number of hydrogen-bond acceptors (Lipinski definition) is 5. The number of aromatic nitrogens is 3. The van der Waals surface area contributed by atoms with Gasteiger partial charge in [0.05, 0.1) is 21.8 Å². The van der Waals surface area contributed by atoms with Crippen LogP contribution in [0, 0.1) is 5.92 Å². The van der Waals surface area contributed by atoms with E-state index >= 15 is 0 Å². The first-order chi connectivity index (χ1) is 16.6. The minimum atomic E-state index is 0.0377. The first kappa shape index (κ1) is 22.2. The molecule has 1 aromatic carbocycles. The van der Waals surface area contributed by atoms with E-state index in [1.165, 1.54) is 68.7 Å². The molecule has 3 aliphatic rings. The van der Waals surface area contributed by atoms with Crippen LogP contribution in [0.25, 0.3) is 10.9 Å². The van der Waals surface area contributed by atoms with E-state index in [1.807, 2.05) is 42.8 Å². The van der Waals surface area contributed by atoms with Crippen molar-refractivity contribution >= 4 is 28.1 Å². The Morgan fingerprint density at radius 1 is 1.18 bits per heavy atom. The van der Waals surface area contributed by atoms with Crippen LogP contribution in [0.3, 0.4) is 0 Å². The summed E-state index contributed by atoms with van der Waals surface area (Å²) < 4.78 is 1.78. The Morgan fingerprint density at radius 3 is 2.82 bits per heavy atom. The van der Waals surface area contributed by atoms with Crippen molar-refractivity contribution in [2.75, 3.05) is 13.1 Å². The molecule has 3 heterocycles. The second-order valence-electron chi connectivity index (χ2n) is 10.6. The van der Waals surface area contributed by atoms with E-state index in [9.17, 15) is 4.79 Å². The Balaban J connectivity index is 0.968. The molecule has 1 N–H and O–H groups in total. The molecule has 6 rings (SSSR count). The lowest BCUT2D eigenvalue weighted by Crippen LogP contribution is -2.38. The quantitative estimate of drug-likeness (QED) is 0.541. The van der Waals surface area contributed by atoms with Crippen LogP contribution in [0.4, 0.5) is 0 Å². The Kier molecular flexibility index (Phi) is 6.16. The second kappa shape index (κ2) is 9.42. The number of benzene rings is 1. The molecule has 0 unspecified atom stereocenters. The molecule has 2 saturated carbocycles. The van der Waals surface area contributed by atoms with Crippen LogP contribution in [-0.4, -0.2) is 44.7 Å². The van der Waals surface area contributed by atoms with Gasteiger partial charge in [-0.3, -0.25) is 14.4 Å². The van der Waals surface area contributed by atoms with E-state index in [0.717, 1.165) is 47.7 Å². The number of carbonyl (C=O) groups is 1. The maximum Gasteiger partial charge on any atom is 0.252 e. The van der Waals surface area contributed by atoms with Gasteiger partial charge in [-0.05, 0) is 76.0 Å². The van der Waals surface area contributed by atoms with Crippen molar-refractivity contribution in [2.24, 2.45) is 13.0 Å². The summed E-state index contributed by atoms with van der Waals surface area (Å²) in [5.74, 6) is 1.57. The van der Waals surface area contributed by atoms with E-state index in [-0.39, 0.29) is 11.9 Å². The molecule has 0 bridgehead atoms. The highest BCUT2D eigenvalue weighted by atomic mass is 32.1. The standard InChI is InChI=1S/C27H35N5OS/c1-31-16-22-21(6-3-7-23(22)30-31)26(33)28-20-10-8-18(9-11-20)12-14-32-15-13-25-24(17-32)29-27(34-25)19-4-2-5-19/h3,6-7,16,18-20H,2,4-5,8-15,17H2,1H3,(H,28,33). The second-order valence-corrected chi connectivity index (χ2v) is 11.7. The number of thiazole rings is 1. The third-order valence-electron chi connectivity index (χ3n) is 8.22. The summed E-state index contributed by atoms with van der Waals surface area (Å²) in [5.41, 5.74) is 2.98. The van der Waals surface area contributed by atoms with E-state index < -0.39 is 0 Å². The molecule has 3 aromatic rings. The molecule has 1 aliphatic heterocycles. The fraction of sp³-hybridized carbons (Fsp3) is 0.593. The van der Waals surface area contributed by atoms with Crippen molar-refractivity contribution in [1.29, 1.82) is 0 Å². The summed E-state index contributed by atoms with van der Waals surface area (Å²) in [6, 6.07) is 6.08. The molecule has 7 heteroatoms. The fourth-order valence-corrected chi connectivity index (χ4v) is 7.11. The lowest BCUT2D eigenvalue weighted by molar-refractivity contribution is 0.0921. The molecule has 1 amide bonds. The lowest BCUT2D eigenvalue weighted by Gasteiger charge is -2.32. The smallest absolute Gasteiger partial charge is 0.252 e. The zero-order valence-corrected chi connectivity index (χ0v) is 20.9. The molecule has 34 heavy (non-hydrogen) atoms. The molecule has 180 valence electrons. The maximum atomic E-state index is 13.0. The van der Waals surface area contributed by atoms with Gasteiger partial charge in [0.15, 0.2) is 0 Å². The molecular formula is C27H35N5OS. The Morgan fingerprint density at radius 2 is 2.03 bits per heavy atom. The monoisotopic (exact) mass is 477 g/mol. The number of carbonyl (C=O) groups excluding carboxylic acids is 1. The van der Waals surface area contributed by atoms with Gasteiger partial charge in [-0.2, -0.15) is 5.10 Å². The fourth-order valence-electron chi connectivity index (χ4n) is 5.88. The molecule has 2 fully saturated rings. The van der Waals surface area contributed by atoms with Gasteiger partial charge in [0, 0.05) is 48.6 Å². The van der Waals surface area contributed by atoms with Gasteiger partial charge < -0.3 is 5.32 Å². The van der Waals surface area contributed by atoms with Crippen LogP contribution in [0.15, 0.2) is 24.4 Å². The number of fused-ring (bicyclic) bond motifs is 2. The Hall–Kier alpha value is -2.25. The SMILES string of the molecule is Cn1cc2c(C(=O)NC3CCC(CCN4CCc5sc(C6CCC6)nc5C4)CC3)cccc2n1. The predicted octanol–water partition coefficient (Wildman–Crippen LogP) is 5.03. The van der Waals surface area contributed by atoms with Crippen LogP contribution in [0.1, 0.15) is 83.2 Å². The third kappa shape index (κ3) is 4.52. The number of hydrogen-bond donors (Lipinski definition) is 1. The highest BCUT2D eigenvalue weighted by Gasteiger charge is 2.28. The van der Waals surface area contributed by atoms with E-state index in [1.54, 1.807) is 9.56 Å². The predicted molar refractivity (Wildman–Crippen MR) is 136 cm³/mol. The third-order valence-corrected chi connectivity index (χ3v) is 9.54. The van der Waals surface area contributed by atoms with Crippen LogP contribution in [0.2, 0.25) is 0 Å². The zero-order chi connectivity index (χ0) is 23.1. The molecule has 0 radical (unpaired) electrons. The Labute approximate surface area is 205 Å². The molecule has 0 spiro atoms. The number of nitrogens with zero attached hydrogens (tertiary/aromatic N) is 4. The average molecular weight is 478 g/mol. The molecule has 0 atom stereocenters. The summed E-state index contributed by atoms with van der Waals surface area (Å²) in [7, 11) is 1.90. The first-order valence-electron chi connectivity index (χ1n) is 13.1. The van der Waals surface area contributed by atoms with Crippen LogP contribution in [-0.2, 0) is 20.0 Å². The molecule has 6 nitrogen and oxygen atoms in total. The highest BCUT2D eigenvalue weighted by molar-refractivity contribution is 7.11. The average Bonchev–Trinajstić information content (AvgIpc) is 3.38. The van der Waals surface area contributed by atoms with Crippen molar-refractivity contribution in [1.82, 2.24) is 25.0 Å².